The monoisotopic (exact) mass is 533 g/mol. The molecule has 1 unspecified atom stereocenters. The molecule has 5 nitrogen and oxygen atoms in total. The molecule has 0 spiro atoms. The zero-order valence-electron chi connectivity index (χ0n) is 18.4. The molecule has 0 amide bonds. The molecule has 0 aromatic carbocycles. The normalized spacial score (nSPS) is 21.6. The molecule has 1 atom stereocenters. The zero-order valence-corrected chi connectivity index (χ0v) is 21.5. The quantitative estimate of drug-likeness (QED) is 0.316. The number of rotatable bonds is 7. The smallest absolute Gasteiger partial charge is 0.191 e. The first kappa shape index (κ1) is 24.9. The number of thiophene rings is 1. The van der Waals surface area contributed by atoms with Crippen LogP contribution in [0, 0.1) is 11.8 Å². The van der Waals surface area contributed by atoms with Gasteiger partial charge in [-0.3, -0.25) is 9.89 Å². The molecule has 7 heteroatoms. The standard InChI is InChI=1S/C22H39N5S.HI/c1-18-7-14-27(15-8-18)20(21-5-4-16-28-21)17-25-22(23-2)24-11-6-19-9-12-26(3)13-10-19;/h4-5,16,18-20H,6-15,17H2,1-3H3,(H2,23,24,25);1H. The average molecular weight is 534 g/mol. The molecule has 2 aliphatic heterocycles. The fourth-order valence-electron chi connectivity index (χ4n) is 4.39. The van der Waals surface area contributed by atoms with Crippen molar-refractivity contribution in [1.82, 2.24) is 20.4 Å². The molecule has 0 saturated carbocycles. The Morgan fingerprint density at radius 1 is 1.17 bits per heavy atom. The van der Waals surface area contributed by atoms with E-state index in [0.29, 0.717) is 6.04 Å². The zero-order chi connectivity index (χ0) is 19.8. The number of nitrogens with one attached hydrogen (secondary N) is 2. The van der Waals surface area contributed by atoms with E-state index in [-0.39, 0.29) is 24.0 Å². The van der Waals surface area contributed by atoms with Gasteiger partial charge in [0.1, 0.15) is 0 Å². The van der Waals surface area contributed by atoms with Gasteiger partial charge in [-0.05, 0) is 88.6 Å². The van der Waals surface area contributed by atoms with Crippen molar-refractivity contribution in [2.45, 2.75) is 45.1 Å². The highest BCUT2D eigenvalue weighted by Gasteiger charge is 2.25. The van der Waals surface area contributed by atoms with Crippen LogP contribution in [0.4, 0.5) is 0 Å². The van der Waals surface area contributed by atoms with Gasteiger partial charge in [0.25, 0.3) is 0 Å². The number of guanidine groups is 1. The van der Waals surface area contributed by atoms with Gasteiger partial charge in [0.05, 0.1) is 6.04 Å². The van der Waals surface area contributed by atoms with E-state index in [1.54, 1.807) is 0 Å². The van der Waals surface area contributed by atoms with Crippen molar-refractivity contribution in [2.24, 2.45) is 16.8 Å². The molecule has 2 aliphatic rings. The molecule has 2 N–H and O–H groups in total. The maximum absolute atomic E-state index is 4.46. The molecular formula is C22H40IN5S. The van der Waals surface area contributed by atoms with Crippen LogP contribution >= 0.6 is 35.3 Å². The minimum atomic E-state index is 0. The lowest BCUT2D eigenvalue weighted by Crippen LogP contribution is -2.45. The van der Waals surface area contributed by atoms with Gasteiger partial charge in [-0.2, -0.15) is 0 Å². The van der Waals surface area contributed by atoms with E-state index in [1.807, 2.05) is 18.4 Å². The first-order valence-corrected chi connectivity index (χ1v) is 11.9. The topological polar surface area (TPSA) is 42.9 Å². The van der Waals surface area contributed by atoms with Crippen molar-refractivity contribution in [3.63, 3.8) is 0 Å². The third kappa shape index (κ3) is 7.99. The third-order valence-electron chi connectivity index (χ3n) is 6.50. The maximum Gasteiger partial charge on any atom is 0.191 e. The summed E-state index contributed by atoms with van der Waals surface area (Å²) in [5.74, 6) is 2.66. The van der Waals surface area contributed by atoms with Crippen LogP contribution in [0.25, 0.3) is 0 Å². The summed E-state index contributed by atoms with van der Waals surface area (Å²) in [5, 5.41) is 9.35. The second kappa shape index (κ2) is 13.1. The lowest BCUT2D eigenvalue weighted by atomic mass is 9.94. The third-order valence-corrected chi connectivity index (χ3v) is 7.47. The van der Waals surface area contributed by atoms with E-state index in [4.69, 9.17) is 0 Å². The lowest BCUT2D eigenvalue weighted by Gasteiger charge is -2.36. The Labute approximate surface area is 198 Å². The number of hydrogen-bond acceptors (Lipinski definition) is 4. The van der Waals surface area contributed by atoms with E-state index >= 15 is 0 Å². The number of halogens is 1. The fraction of sp³-hybridized carbons (Fsp3) is 0.773. The number of likely N-dealkylation sites (tertiary alicyclic amines) is 2. The molecular weight excluding hydrogens is 493 g/mol. The summed E-state index contributed by atoms with van der Waals surface area (Å²) in [4.78, 5) is 11.0. The van der Waals surface area contributed by atoms with Crippen LogP contribution < -0.4 is 10.6 Å². The Hall–Kier alpha value is -0.380. The van der Waals surface area contributed by atoms with E-state index in [1.165, 1.54) is 63.2 Å². The lowest BCUT2D eigenvalue weighted by molar-refractivity contribution is 0.140. The largest absolute Gasteiger partial charge is 0.356 e. The van der Waals surface area contributed by atoms with Crippen LogP contribution in [0.5, 0.6) is 0 Å². The van der Waals surface area contributed by atoms with Crippen molar-refractivity contribution in [2.75, 3.05) is 53.4 Å². The molecule has 1 aromatic rings. The molecule has 3 rings (SSSR count). The molecule has 2 fully saturated rings. The summed E-state index contributed by atoms with van der Waals surface area (Å²) in [6, 6.07) is 4.90. The minimum Gasteiger partial charge on any atom is -0.356 e. The molecule has 0 aliphatic carbocycles. The maximum atomic E-state index is 4.46. The second-order valence-electron chi connectivity index (χ2n) is 8.66. The van der Waals surface area contributed by atoms with Gasteiger partial charge in [-0.25, -0.2) is 0 Å². The summed E-state index contributed by atoms with van der Waals surface area (Å²) in [6.45, 7) is 9.21. The van der Waals surface area contributed by atoms with Crippen molar-refractivity contribution in [1.29, 1.82) is 0 Å². The Bertz CT molecular complexity index is 578. The Kier molecular flexibility index (Phi) is 11.3. The van der Waals surface area contributed by atoms with Crippen LogP contribution in [-0.4, -0.2) is 69.1 Å². The predicted octanol–water partition coefficient (Wildman–Crippen LogP) is 4.04. The van der Waals surface area contributed by atoms with Crippen LogP contribution in [-0.2, 0) is 0 Å². The Morgan fingerprint density at radius 2 is 1.90 bits per heavy atom. The molecule has 3 heterocycles. The van der Waals surface area contributed by atoms with E-state index < -0.39 is 0 Å². The SMILES string of the molecule is CN=C(NCCC1CCN(C)CC1)NCC(c1cccs1)N1CCC(C)CC1.I. The number of aliphatic imine (C=N–C) groups is 1. The molecule has 0 bridgehead atoms. The second-order valence-corrected chi connectivity index (χ2v) is 9.64. The highest BCUT2D eigenvalue weighted by Crippen LogP contribution is 2.29. The van der Waals surface area contributed by atoms with Crippen LogP contribution in [0.2, 0.25) is 0 Å². The molecule has 29 heavy (non-hydrogen) atoms. The molecule has 2 saturated heterocycles. The van der Waals surface area contributed by atoms with Gasteiger partial charge in [0.15, 0.2) is 5.96 Å². The summed E-state index contributed by atoms with van der Waals surface area (Å²) in [7, 11) is 4.11. The summed E-state index contributed by atoms with van der Waals surface area (Å²) in [5.41, 5.74) is 0. The van der Waals surface area contributed by atoms with E-state index in [2.05, 4.69) is 56.9 Å². The number of nitrogens with zero attached hydrogens (tertiary/aromatic N) is 3. The van der Waals surface area contributed by atoms with Crippen molar-refractivity contribution >= 4 is 41.3 Å². The summed E-state index contributed by atoms with van der Waals surface area (Å²) >= 11 is 1.88. The van der Waals surface area contributed by atoms with Gasteiger partial charge in [0.2, 0.25) is 0 Å². The van der Waals surface area contributed by atoms with Gasteiger partial charge in [-0.15, -0.1) is 35.3 Å². The minimum absolute atomic E-state index is 0. The van der Waals surface area contributed by atoms with E-state index in [9.17, 15) is 0 Å². The highest BCUT2D eigenvalue weighted by atomic mass is 127. The first-order valence-electron chi connectivity index (χ1n) is 11.1. The predicted molar refractivity (Wildman–Crippen MR) is 137 cm³/mol. The number of piperidine rings is 2. The first-order chi connectivity index (χ1) is 13.7. The van der Waals surface area contributed by atoms with Gasteiger partial charge >= 0.3 is 0 Å². The van der Waals surface area contributed by atoms with Gasteiger partial charge in [0, 0.05) is 25.0 Å². The highest BCUT2D eigenvalue weighted by molar-refractivity contribution is 14.0. The van der Waals surface area contributed by atoms with Gasteiger partial charge < -0.3 is 15.5 Å². The van der Waals surface area contributed by atoms with Gasteiger partial charge in [-0.1, -0.05) is 13.0 Å². The Morgan fingerprint density at radius 3 is 2.52 bits per heavy atom. The molecule has 0 radical (unpaired) electrons. The van der Waals surface area contributed by atoms with E-state index in [0.717, 1.165) is 30.9 Å². The van der Waals surface area contributed by atoms with Crippen LogP contribution in [0.1, 0.15) is 49.9 Å². The fourth-order valence-corrected chi connectivity index (χ4v) is 5.25. The molecule has 166 valence electrons. The summed E-state index contributed by atoms with van der Waals surface area (Å²) < 4.78 is 0. The summed E-state index contributed by atoms with van der Waals surface area (Å²) in [6.07, 6.45) is 6.53. The average Bonchev–Trinajstić information content (AvgIpc) is 3.24. The Balaban J connectivity index is 0.00000300. The number of hydrogen-bond donors (Lipinski definition) is 2. The van der Waals surface area contributed by atoms with Crippen molar-refractivity contribution < 1.29 is 0 Å². The van der Waals surface area contributed by atoms with Crippen molar-refractivity contribution in [3.8, 4) is 0 Å². The molecule has 1 aromatic heterocycles. The van der Waals surface area contributed by atoms with Crippen LogP contribution in [0.3, 0.4) is 0 Å². The van der Waals surface area contributed by atoms with Crippen LogP contribution in [0.15, 0.2) is 22.5 Å². The van der Waals surface area contributed by atoms with Crippen molar-refractivity contribution in [3.05, 3.63) is 22.4 Å².